The molecule has 39 heavy (non-hydrogen) atoms. The lowest BCUT2D eigenvalue weighted by atomic mass is 9.92. The van der Waals surface area contributed by atoms with Crippen LogP contribution in [0.3, 0.4) is 0 Å². The molecule has 2 heterocycles. The van der Waals surface area contributed by atoms with E-state index >= 15 is 0 Å². The maximum absolute atomic E-state index is 14.3. The number of aliphatic hydroxyl groups excluding tert-OH is 2. The molecule has 0 spiro atoms. The summed E-state index contributed by atoms with van der Waals surface area (Å²) in [5.74, 6) is -0.313. The molecule has 1 fully saturated rings. The van der Waals surface area contributed by atoms with Gasteiger partial charge in [0.2, 0.25) is 11.8 Å². The molecule has 0 radical (unpaired) electrons. The van der Waals surface area contributed by atoms with E-state index in [0.717, 1.165) is 51.5 Å². The number of ether oxygens (including phenoxy) is 1. The van der Waals surface area contributed by atoms with Crippen molar-refractivity contribution in [1.29, 1.82) is 0 Å². The Labute approximate surface area is 239 Å². The molecular weight excluding hydrogens is 516 g/mol. The summed E-state index contributed by atoms with van der Waals surface area (Å²) in [6.07, 6.45) is 6.05. The van der Waals surface area contributed by atoms with Crippen molar-refractivity contribution in [3.8, 4) is 0 Å². The van der Waals surface area contributed by atoms with Gasteiger partial charge in [-0.1, -0.05) is 60.3 Å². The van der Waals surface area contributed by atoms with Crippen LogP contribution in [0.5, 0.6) is 0 Å². The SMILES string of the molecule is CCCCCOCN(C(=O)C(NC(=O)C1CCCCN1C)C(C)CC)C(CC(O)c1nc(CO)cs1)C(C)C. The van der Waals surface area contributed by atoms with E-state index in [1.807, 2.05) is 34.7 Å². The number of carbonyl (C=O) groups excluding carboxylic acids is 2. The number of aromatic nitrogens is 1. The smallest absolute Gasteiger partial charge is 0.247 e. The minimum absolute atomic E-state index is 0.0258. The molecule has 1 aromatic heterocycles. The van der Waals surface area contributed by atoms with E-state index in [2.05, 4.69) is 22.1 Å². The van der Waals surface area contributed by atoms with E-state index in [-0.39, 0.29) is 55.5 Å². The van der Waals surface area contributed by atoms with Crippen LogP contribution in [0.4, 0.5) is 0 Å². The normalized spacial score (nSPS) is 19.5. The van der Waals surface area contributed by atoms with Gasteiger partial charge in [-0.15, -0.1) is 11.3 Å². The maximum atomic E-state index is 14.3. The number of amides is 2. The molecule has 0 bridgehead atoms. The van der Waals surface area contributed by atoms with Gasteiger partial charge in [-0.05, 0) is 44.7 Å². The molecule has 1 saturated heterocycles. The number of likely N-dealkylation sites (N-methyl/N-ethyl adjacent to an activating group) is 1. The average Bonchev–Trinajstić information content (AvgIpc) is 3.41. The number of carbonyl (C=O) groups is 2. The van der Waals surface area contributed by atoms with Crippen LogP contribution in [0, 0.1) is 11.8 Å². The van der Waals surface area contributed by atoms with Crippen molar-refractivity contribution in [3.63, 3.8) is 0 Å². The Morgan fingerprint density at radius 2 is 2.00 bits per heavy atom. The highest BCUT2D eigenvalue weighted by molar-refractivity contribution is 7.09. The summed E-state index contributed by atoms with van der Waals surface area (Å²) in [5.41, 5.74) is 0.523. The third-order valence-electron chi connectivity index (χ3n) is 7.91. The molecule has 224 valence electrons. The van der Waals surface area contributed by atoms with Crippen LogP contribution in [0.15, 0.2) is 5.38 Å². The van der Waals surface area contributed by atoms with Gasteiger partial charge in [0.15, 0.2) is 0 Å². The van der Waals surface area contributed by atoms with Crippen LogP contribution < -0.4 is 5.32 Å². The second-order valence-corrected chi connectivity index (χ2v) is 12.2. The van der Waals surface area contributed by atoms with Crippen LogP contribution in [0.1, 0.15) is 103 Å². The molecule has 5 unspecified atom stereocenters. The Hall–Kier alpha value is -1.59. The molecule has 9 nitrogen and oxygen atoms in total. The van der Waals surface area contributed by atoms with Crippen molar-refractivity contribution in [2.45, 2.75) is 117 Å². The summed E-state index contributed by atoms with van der Waals surface area (Å²) in [6, 6.07) is -1.25. The molecule has 1 aromatic rings. The summed E-state index contributed by atoms with van der Waals surface area (Å²) >= 11 is 1.30. The highest BCUT2D eigenvalue weighted by atomic mass is 32.1. The number of aliphatic hydroxyl groups is 2. The molecule has 1 aliphatic heterocycles. The van der Waals surface area contributed by atoms with Crippen LogP contribution in [-0.4, -0.2) is 81.9 Å². The summed E-state index contributed by atoms with van der Waals surface area (Å²) < 4.78 is 6.02. The molecule has 2 rings (SSSR count). The minimum atomic E-state index is -0.884. The molecular formula is C29H52N4O5S. The third kappa shape index (κ3) is 10.1. The number of nitrogens with zero attached hydrogens (tertiary/aromatic N) is 3. The standard InChI is InChI=1S/C29H52N4O5S/c1-7-9-12-15-38-19-33(24(20(3)4)16-25(35)28-30-22(17-34)18-39-28)29(37)26(21(5)8-2)31-27(36)23-13-10-11-14-32(23)6/h18,20-21,23-26,34-35H,7-17,19H2,1-6H3,(H,31,36). The highest BCUT2D eigenvalue weighted by Gasteiger charge is 2.38. The van der Waals surface area contributed by atoms with E-state index in [1.54, 1.807) is 10.3 Å². The average molecular weight is 569 g/mol. The highest BCUT2D eigenvalue weighted by Crippen LogP contribution is 2.29. The van der Waals surface area contributed by atoms with Crippen molar-refractivity contribution < 1.29 is 24.5 Å². The summed E-state index contributed by atoms with van der Waals surface area (Å²) in [4.78, 5) is 35.8. The molecule has 0 aromatic carbocycles. The van der Waals surface area contributed by atoms with Gasteiger partial charge in [-0.3, -0.25) is 14.5 Å². The lowest BCUT2D eigenvalue weighted by Gasteiger charge is -2.39. The van der Waals surface area contributed by atoms with Crippen LogP contribution >= 0.6 is 11.3 Å². The summed E-state index contributed by atoms with van der Waals surface area (Å²) in [6.45, 7) is 11.6. The van der Waals surface area contributed by atoms with E-state index in [1.165, 1.54) is 11.3 Å². The van der Waals surface area contributed by atoms with Crippen molar-refractivity contribution in [1.82, 2.24) is 20.1 Å². The van der Waals surface area contributed by atoms with Gasteiger partial charge in [0, 0.05) is 24.4 Å². The summed E-state index contributed by atoms with van der Waals surface area (Å²) in [5, 5.41) is 25.8. The first-order chi connectivity index (χ1) is 18.6. The molecule has 10 heteroatoms. The number of piperidine rings is 1. The van der Waals surface area contributed by atoms with Gasteiger partial charge < -0.3 is 25.2 Å². The van der Waals surface area contributed by atoms with Crippen molar-refractivity contribution in [2.24, 2.45) is 11.8 Å². The fourth-order valence-corrected chi connectivity index (χ4v) is 5.90. The lowest BCUT2D eigenvalue weighted by molar-refractivity contribution is -0.149. The Balaban J connectivity index is 2.30. The fraction of sp³-hybridized carbons (Fsp3) is 0.828. The number of nitrogens with one attached hydrogen (secondary N) is 1. The number of hydrogen-bond acceptors (Lipinski definition) is 8. The molecule has 3 N–H and O–H groups in total. The van der Waals surface area contributed by atoms with E-state index in [9.17, 15) is 19.8 Å². The molecule has 0 aliphatic carbocycles. The van der Waals surface area contributed by atoms with E-state index in [4.69, 9.17) is 4.74 Å². The van der Waals surface area contributed by atoms with Gasteiger partial charge in [0.1, 0.15) is 23.9 Å². The van der Waals surface area contributed by atoms with Gasteiger partial charge in [-0.25, -0.2) is 4.98 Å². The number of hydrogen-bond donors (Lipinski definition) is 3. The first-order valence-corrected chi connectivity index (χ1v) is 15.6. The Kier molecular flexibility index (Phi) is 14.9. The topological polar surface area (TPSA) is 115 Å². The summed E-state index contributed by atoms with van der Waals surface area (Å²) in [7, 11) is 1.97. The van der Waals surface area contributed by atoms with Crippen LogP contribution in [0.25, 0.3) is 0 Å². The van der Waals surface area contributed by atoms with Crippen LogP contribution in [-0.2, 0) is 20.9 Å². The quantitative estimate of drug-likeness (QED) is 0.192. The zero-order valence-corrected chi connectivity index (χ0v) is 25.7. The van der Waals surface area contributed by atoms with E-state index in [0.29, 0.717) is 17.3 Å². The van der Waals surface area contributed by atoms with Crippen LogP contribution in [0.2, 0.25) is 0 Å². The first kappa shape index (κ1) is 33.6. The monoisotopic (exact) mass is 568 g/mol. The molecule has 0 saturated carbocycles. The van der Waals surface area contributed by atoms with Gasteiger partial charge >= 0.3 is 0 Å². The number of rotatable bonds is 17. The second kappa shape index (κ2) is 17.3. The maximum Gasteiger partial charge on any atom is 0.247 e. The van der Waals surface area contributed by atoms with Crippen molar-refractivity contribution >= 4 is 23.2 Å². The number of likely N-dealkylation sites (tertiary alicyclic amines) is 1. The predicted molar refractivity (Wildman–Crippen MR) is 155 cm³/mol. The lowest BCUT2D eigenvalue weighted by Crippen LogP contribution is -2.59. The van der Waals surface area contributed by atoms with Gasteiger partial charge in [0.05, 0.1) is 18.3 Å². The zero-order chi connectivity index (χ0) is 28.9. The second-order valence-electron chi connectivity index (χ2n) is 11.3. The predicted octanol–water partition coefficient (Wildman–Crippen LogP) is 4.09. The molecule has 1 aliphatic rings. The Bertz CT molecular complexity index is 866. The zero-order valence-electron chi connectivity index (χ0n) is 24.9. The molecule has 5 atom stereocenters. The van der Waals surface area contributed by atoms with E-state index < -0.39 is 12.1 Å². The minimum Gasteiger partial charge on any atom is -0.390 e. The van der Waals surface area contributed by atoms with Crippen molar-refractivity contribution in [2.75, 3.05) is 26.9 Å². The number of thiazole rings is 1. The van der Waals surface area contributed by atoms with Gasteiger partial charge in [-0.2, -0.15) is 0 Å². The third-order valence-corrected chi connectivity index (χ3v) is 8.90. The number of unbranched alkanes of at least 4 members (excludes halogenated alkanes) is 2. The Morgan fingerprint density at radius 1 is 1.26 bits per heavy atom. The molecule has 2 amide bonds. The van der Waals surface area contributed by atoms with Crippen molar-refractivity contribution in [3.05, 3.63) is 16.1 Å². The Morgan fingerprint density at radius 3 is 2.59 bits per heavy atom. The fourth-order valence-electron chi connectivity index (χ4n) is 5.09. The first-order valence-electron chi connectivity index (χ1n) is 14.8. The largest absolute Gasteiger partial charge is 0.390 e. The van der Waals surface area contributed by atoms with Gasteiger partial charge in [0.25, 0.3) is 0 Å².